The van der Waals surface area contributed by atoms with Crippen LogP contribution < -0.4 is 9.46 Å². The molecule has 0 spiro atoms. The van der Waals surface area contributed by atoms with Gasteiger partial charge in [0.25, 0.3) is 0 Å². The summed E-state index contributed by atoms with van der Waals surface area (Å²) in [5.41, 5.74) is 0.799. The summed E-state index contributed by atoms with van der Waals surface area (Å²) < 4.78 is 32.8. The van der Waals surface area contributed by atoms with Gasteiger partial charge in [0.2, 0.25) is 10.0 Å². The zero-order valence-corrected chi connectivity index (χ0v) is 15.4. The van der Waals surface area contributed by atoms with Crippen LogP contribution in [0.15, 0.2) is 33.6 Å². The van der Waals surface area contributed by atoms with Gasteiger partial charge in [0.05, 0.1) is 11.6 Å². The van der Waals surface area contributed by atoms with Gasteiger partial charge in [-0.05, 0) is 33.6 Å². The van der Waals surface area contributed by atoms with Crippen LogP contribution in [0.3, 0.4) is 0 Å². The van der Waals surface area contributed by atoms with Gasteiger partial charge < -0.3 is 4.74 Å². The Morgan fingerprint density at radius 1 is 1.24 bits per heavy atom. The first-order valence-corrected chi connectivity index (χ1v) is 9.46. The lowest BCUT2D eigenvalue weighted by molar-refractivity contribution is 0.414. The molecule has 0 aliphatic carbocycles. The van der Waals surface area contributed by atoms with Crippen molar-refractivity contribution in [2.45, 2.75) is 11.4 Å². The summed E-state index contributed by atoms with van der Waals surface area (Å²) in [6, 6.07) is 7.07. The third-order valence-corrected chi connectivity index (χ3v) is 7.49. The summed E-state index contributed by atoms with van der Waals surface area (Å²) in [7, 11) is -2.18. The van der Waals surface area contributed by atoms with Gasteiger partial charge in [0.15, 0.2) is 0 Å². The smallest absolute Gasteiger partial charge is 0.244 e. The van der Waals surface area contributed by atoms with Crippen LogP contribution in [0.4, 0.5) is 0 Å². The molecule has 0 aliphatic rings. The summed E-state index contributed by atoms with van der Waals surface area (Å²) in [5.74, 6) is 0.706. The number of halogens is 3. The molecule has 0 amide bonds. The van der Waals surface area contributed by atoms with Gasteiger partial charge in [-0.3, -0.25) is 0 Å². The summed E-state index contributed by atoms with van der Waals surface area (Å²) in [6.45, 7) is 0.141. The van der Waals surface area contributed by atoms with Gasteiger partial charge in [0.1, 0.15) is 19.3 Å². The van der Waals surface area contributed by atoms with E-state index in [1.165, 1.54) is 0 Å². The van der Waals surface area contributed by atoms with E-state index in [9.17, 15) is 8.42 Å². The molecule has 21 heavy (non-hydrogen) atoms. The van der Waals surface area contributed by atoms with Gasteiger partial charge in [-0.1, -0.05) is 35.3 Å². The van der Waals surface area contributed by atoms with E-state index in [1.54, 1.807) is 31.4 Å². The number of thiophene rings is 1. The molecule has 0 fully saturated rings. The van der Waals surface area contributed by atoms with Gasteiger partial charge >= 0.3 is 0 Å². The fourth-order valence-electron chi connectivity index (χ4n) is 1.56. The SMILES string of the molecule is COc1ccc(CNS(=O)(=O)c2c(Cl)sc(Cl)c2Br)cc1. The van der Waals surface area contributed by atoms with Gasteiger partial charge in [-0.2, -0.15) is 0 Å². The van der Waals surface area contributed by atoms with Crippen molar-refractivity contribution in [3.63, 3.8) is 0 Å². The van der Waals surface area contributed by atoms with Gasteiger partial charge in [0, 0.05) is 6.54 Å². The summed E-state index contributed by atoms with van der Waals surface area (Å²) in [6.07, 6.45) is 0. The Morgan fingerprint density at radius 2 is 1.86 bits per heavy atom. The van der Waals surface area contributed by atoms with Crippen LogP contribution in [-0.4, -0.2) is 15.5 Å². The molecule has 1 N–H and O–H groups in total. The molecule has 1 heterocycles. The maximum Gasteiger partial charge on any atom is 0.244 e. The van der Waals surface area contributed by atoms with E-state index in [2.05, 4.69) is 20.7 Å². The third-order valence-electron chi connectivity index (χ3n) is 2.62. The van der Waals surface area contributed by atoms with E-state index >= 15 is 0 Å². The van der Waals surface area contributed by atoms with Crippen LogP contribution in [0.1, 0.15) is 5.56 Å². The Morgan fingerprint density at radius 3 is 2.33 bits per heavy atom. The summed E-state index contributed by atoms with van der Waals surface area (Å²) >= 11 is 15.9. The second kappa shape index (κ2) is 6.85. The topological polar surface area (TPSA) is 55.4 Å². The minimum absolute atomic E-state index is 0.0346. The molecule has 0 radical (unpaired) electrons. The third kappa shape index (κ3) is 3.91. The van der Waals surface area contributed by atoms with Crippen molar-refractivity contribution in [1.29, 1.82) is 0 Å². The average Bonchev–Trinajstić information content (AvgIpc) is 2.71. The maximum absolute atomic E-state index is 12.3. The minimum atomic E-state index is -3.75. The Hall–Kier alpha value is -0.310. The predicted molar refractivity (Wildman–Crippen MR) is 89.1 cm³/mol. The normalized spacial score (nSPS) is 11.6. The van der Waals surface area contributed by atoms with Crippen molar-refractivity contribution < 1.29 is 13.2 Å². The molecule has 4 nitrogen and oxygen atoms in total. The molecule has 2 aromatic rings. The Bertz CT molecular complexity index is 745. The molecule has 114 valence electrons. The van der Waals surface area contributed by atoms with Crippen LogP contribution in [0.5, 0.6) is 5.75 Å². The highest BCUT2D eigenvalue weighted by molar-refractivity contribution is 9.10. The number of sulfonamides is 1. The van der Waals surface area contributed by atoms with Crippen LogP contribution in [0.2, 0.25) is 8.67 Å². The Balaban J connectivity index is 2.17. The molecule has 0 unspecified atom stereocenters. The fourth-order valence-corrected chi connectivity index (χ4v) is 6.13. The Kier molecular flexibility index (Phi) is 5.56. The molecular weight excluding hydrogens is 421 g/mol. The summed E-state index contributed by atoms with van der Waals surface area (Å²) in [4.78, 5) is -0.0346. The monoisotopic (exact) mass is 429 g/mol. The molecule has 0 atom stereocenters. The first kappa shape index (κ1) is 17.1. The highest BCUT2D eigenvalue weighted by Gasteiger charge is 2.25. The predicted octanol–water partition coefficient (Wildman–Crippen LogP) is 4.30. The van der Waals surface area contributed by atoms with Gasteiger partial charge in [-0.25, -0.2) is 13.1 Å². The van der Waals surface area contributed by atoms with Crippen LogP contribution in [0.25, 0.3) is 0 Å². The number of benzene rings is 1. The molecule has 0 saturated carbocycles. The molecule has 1 aromatic carbocycles. The second-order valence-corrected chi connectivity index (χ2v) is 8.69. The lowest BCUT2D eigenvalue weighted by Crippen LogP contribution is -2.23. The lowest BCUT2D eigenvalue weighted by atomic mass is 10.2. The fraction of sp³-hybridized carbons (Fsp3) is 0.167. The zero-order valence-electron chi connectivity index (χ0n) is 10.7. The van der Waals surface area contributed by atoms with Crippen molar-refractivity contribution in [1.82, 2.24) is 4.72 Å². The molecule has 0 aliphatic heterocycles. The number of methoxy groups -OCH3 is 1. The zero-order chi connectivity index (χ0) is 15.6. The van der Waals surface area contributed by atoms with E-state index in [0.717, 1.165) is 16.9 Å². The van der Waals surface area contributed by atoms with Crippen LogP contribution in [0, 0.1) is 0 Å². The van der Waals surface area contributed by atoms with Crippen molar-refractivity contribution in [3.8, 4) is 5.75 Å². The summed E-state index contributed by atoms with van der Waals surface area (Å²) in [5, 5.41) is 0. The molecule has 0 saturated heterocycles. The molecule has 2 rings (SSSR count). The van der Waals surface area contributed by atoms with Crippen molar-refractivity contribution in [2.75, 3.05) is 7.11 Å². The maximum atomic E-state index is 12.3. The van der Waals surface area contributed by atoms with Crippen molar-refractivity contribution in [3.05, 3.63) is 43.0 Å². The largest absolute Gasteiger partial charge is 0.497 e. The quantitative estimate of drug-likeness (QED) is 0.768. The molecule has 0 bridgehead atoms. The van der Waals surface area contributed by atoms with Crippen LogP contribution >= 0.6 is 50.5 Å². The molecule has 1 aromatic heterocycles. The van der Waals surface area contributed by atoms with Gasteiger partial charge in [-0.15, -0.1) is 11.3 Å². The first-order chi connectivity index (χ1) is 9.85. The van der Waals surface area contributed by atoms with E-state index in [-0.39, 0.29) is 20.2 Å². The molecular formula is C12H10BrCl2NO3S2. The number of nitrogens with one attached hydrogen (secondary N) is 1. The van der Waals surface area contributed by atoms with E-state index in [4.69, 9.17) is 27.9 Å². The number of rotatable bonds is 5. The number of hydrogen-bond donors (Lipinski definition) is 1. The van der Waals surface area contributed by atoms with E-state index in [1.807, 2.05) is 0 Å². The van der Waals surface area contributed by atoms with E-state index < -0.39 is 10.0 Å². The second-order valence-electron chi connectivity index (χ2n) is 3.97. The molecule has 9 heteroatoms. The number of ether oxygens (including phenoxy) is 1. The minimum Gasteiger partial charge on any atom is -0.497 e. The lowest BCUT2D eigenvalue weighted by Gasteiger charge is -2.07. The highest BCUT2D eigenvalue weighted by Crippen LogP contribution is 2.42. The average molecular weight is 431 g/mol. The number of hydrogen-bond acceptors (Lipinski definition) is 4. The van der Waals surface area contributed by atoms with Crippen molar-refractivity contribution in [2.24, 2.45) is 0 Å². The standard InChI is InChI=1S/C12H10BrCl2NO3S2/c1-19-8-4-2-7(3-5-8)6-16-21(17,18)10-9(13)11(14)20-12(10)15/h2-5,16H,6H2,1H3. The van der Waals surface area contributed by atoms with Crippen LogP contribution in [-0.2, 0) is 16.6 Å². The first-order valence-electron chi connectivity index (χ1n) is 5.61. The highest BCUT2D eigenvalue weighted by atomic mass is 79.9. The van der Waals surface area contributed by atoms with E-state index in [0.29, 0.717) is 10.1 Å². The Labute approximate surface area is 145 Å². The van der Waals surface area contributed by atoms with Crippen molar-refractivity contribution >= 4 is 60.5 Å².